The maximum Gasteiger partial charge on any atom is 0.373 e. The molecule has 0 aliphatic rings. The zero-order chi connectivity index (χ0) is 7.98. The molecule has 0 aromatic carbocycles. The molecule has 3 nitrogen and oxygen atoms in total. The van der Waals surface area contributed by atoms with E-state index in [0.717, 1.165) is 0 Å². The van der Waals surface area contributed by atoms with Gasteiger partial charge in [-0.3, -0.25) is 0 Å². The smallest absolute Gasteiger partial charge is 0.373 e. The number of hydrogen-bond acceptors (Lipinski definition) is 3. The molecule has 0 unspecified atom stereocenters. The van der Waals surface area contributed by atoms with Gasteiger partial charge in [-0.1, -0.05) is 0 Å². The first-order valence-corrected chi connectivity index (χ1v) is 2.77. The van der Waals surface area contributed by atoms with Crippen LogP contribution in [0.15, 0.2) is 12.3 Å². The Hall–Kier alpha value is -1.06. The summed E-state index contributed by atoms with van der Waals surface area (Å²) in [5, 5.41) is 0. The van der Waals surface area contributed by atoms with Crippen molar-refractivity contribution < 1.29 is 18.7 Å². The average molecular weight is 148 g/mol. The molecule has 10 heavy (non-hydrogen) atoms. The molecule has 0 amide bonds. The van der Waals surface area contributed by atoms with E-state index >= 15 is 0 Å². The first kappa shape index (κ1) is 8.94. The number of alkyl halides is 1. The number of carbonyl (C=O) groups is 1. The summed E-state index contributed by atoms with van der Waals surface area (Å²) in [6.45, 7) is 3.94. The van der Waals surface area contributed by atoms with E-state index in [1.54, 1.807) is 6.92 Å². The third-order valence-electron chi connectivity index (χ3n) is 0.732. The Morgan fingerprint density at radius 1 is 1.60 bits per heavy atom. The number of esters is 1. The molecule has 0 saturated heterocycles. The summed E-state index contributed by atoms with van der Waals surface area (Å²) in [6, 6.07) is 0. The predicted octanol–water partition coefficient (Wildman–Crippen LogP) is 1.01. The van der Waals surface area contributed by atoms with Crippen molar-refractivity contribution in [1.29, 1.82) is 0 Å². The van der Waals surface area contributed by atoms with Crippen molar-refractivity contribution in [3.05, 3.63) is 12.3 Å². The monoisotopic (exact) mass is 148 g/mol. The molecule has 0 rings (SSSR count). The van der Waals surface area contributed by atoms with Crippen LogP contribution in [-0.2, 0) is 14.3 Å². The van der Waals surface area contributed by atoms with Crippen LogP contribution in [-0.4, -0.2) is 19.4 Å². The first-order valence-electron chi connectivity index (χ1n) is 2.77. The van der Waals surface area contributed by atoms with Gasteiger partial charge < -0.3 is 9.47 Å². The van der Waals surface area contributed by atoms with E-state index in [4.69, 9.17) is 0 Å². The molecular weight excluding hydrogens is 139 g/mol. The standard InChI is InChI=1S/C6H9FO3/c1-3-9-6(8)5(2)10-4-7/h2-4H2,1H3. The summed E-state index contributed by atoms with van der Waals surface area (Å²) < 4.78 is 19.9. The first-order chi connectivity index (χ1) is 4.72. The third-order valence-corrected chi connectivity index (χ3v) is 0.732. The predicted molar refractivity (Wildman–Crippen MR) is 32.8 cm³/mol. The van der Waals surface area contributed by atoms with E-state index in [0.29, 0.717) is 0 Å². The molecule has 4 heteroatoms. The van der Waals surface area contributed by atoms with Gasteiger partial charge in [0.2, 0.25) is 12.6 Å². The zero-order valence-corrected chi connectivity index (χ0v) is 5.72. The molecular formula is C6H9FO3. The van der Waals surface area contributed by atoms with Gasteiger partial charge >= 0.3 is 5.97 Å². The molecule has 0 atom stereocenters. The second kappa shape index (κ2) is 4.78. The Morgan fingerprint density at radius 2 is 2.20 bits per heavy atom. The van der Waals surface area contributed by atoms with Gasteiger partial charge in [-0.05, 0) is 13.5 Å². The quantitative estimate of drug-likeness (QED) is 0.339. The molecule has 0 aliphatic carbocycles. The topological polar surface area (TPSA) is 35.5 Å². The van der Waals surface area contributed by atoms with Crippen molar-refractivity contribution in [2.75, 3.05) is 13.5 Å². The summed E-state index contributed by atoms with van der Waals surface area (Å²) in [5.41, 5.74) is 0. The van der Waals surface area contributed by atoms with Crippen molar-refractivity contribution in [3.8, 4) is 0 Å². The molecule has 0 aliphatic heterocycles. The van der Waals surface area contributed by atoms with Crippen LogP contribution >= 0.6 is 0 Å². The average Bonchev–Trinajstić information content (AvgIpc) is 1.89. The molecule has 0 radical (unpaired) electrons. The number of rotatable bonds is 4. The second-order valence-corrected chi connectivity index (χ2v) is 1.40. The van der Waals surface area contributed by atoms with Crippen molar-refractivity contribution in [2.24, 2.45) is 0 Å². The van der Waals surface area contributed by atoms with Crippen LogP contribution in [0.4, 0.5) is 4.39 Å². The van der Waals surface area contributed by atoms with Crippen molar-refractivity contribution in [3.63, 3.8) is 0 Å². The van der Waals surface area contributed by atoms with Gasteiger partial charge in [-0.2, -0.15) is 0 Å². The van der Waals surface area contributed by atoms with E-state index in [1.807, 2.05) is 0 Å². The lowest BCUT2D eigenvalue weighted by atomic mass is 10.6. The molecule has 0 aromatic heterocycles. The molecule has 0 N–H and O–H groups in total. The molecule has 0 saturated carbocycles. The number of ether oxygens (including phenoxy) is 2. The summed E-state index contributed by atoms with van der Waals surface area (Å²) in [5.74, 6) is -1.02. The third kappa shape index (κ3) is 3.06. The van der Waals surface area contributed by atoms with Crippen LogP contribution in [0, 0.1) is 0 Å². The molecule has 0 fully saturated rings. The van der Waals surface area contributed by atoms with Gasteiger partial charge in [-0.25, -0.2) is 9.18 Å². The highest BCUT2D eigenvalue weighted by atomic mass is 19.1. The number of halogens is 1. The minimum atomic E-state index is -1.06. The van der Waals surface area contributed by atoms with Crippen molar-refractivity contribution in [2.45, 2.75) is 6.92 Å². The summed E-state index contributed by atoms with van der Waals surface area (Å²) >= 11 is 0. The fourth-order valence-electron chi connectivity index (χ4n) is 0.336. The van der Waals surface area contributed by atoms with E-state index in [1.165, 1.54) is 0 Å². The van der Waals surface area contributed by atoms with E-state index in [-0.39, 0.29) is 12.4 Å². The highest BCUT2D eigenvalue weighted by Crippen LogP contribution is 1.96. The molecule has 58 valence electrons. The van der Waals surface area contributed by atoms with Crippen LogP contribution < -0.4 is 0 Å². The summed E-state index contributed by atoms with van der Waals surface area (Å²) in [6.07, 6.45) is 0. The normalized spacial score (nSPS) is 8.60. The highest BCUT2D eigenvalue weighted by molar-refractivity contribution is 5.85. The maximum absolute atomic E-state index is 11.4. The van der Waals surface area contributed by atoms with Gasteiger partial charge in [0.25, 0.3) is 0 Å². The Labute approximate surface area is 58.4 Å². The number of carbonyl (C=O) groups excluding carboxylic acids is 1. The van der Waals surface area contributed by atoms with Crippen LogP contribution in [0.3, 0.4) is 0 Å². The fourth-order valence-corrected chi connectivity index (χ4v) is 0.336. The molecule has 0 spiro atoms. The summed E-state index contributed by atoms with van der Waals surface area (Å²) in [4.78, 5) is 10.5. The van der Waals surface area contributed by atoms with E-state index < -0.39 is 12.8 Å². The Morgan fingerprint density at radius 3 is 2.60 bits per heavy atom. The van der Waals surface area contributed by atoms with Crippen LogP contribution in [0.5, 0.6) is 0 Å². The van der Waals surface area contributed by atoms with E-state index in [9.17, 15) is 9.18 Å². The second-order valence-electron chi connectivity index (χ2n) is 1.40. The minimum Gasteiger partial charge on any atom is -0.460 e. The van der Waals surface area contributed by atoms with Gasteiger partial charge in [0, 0.05) is 0 Å². The maximum atomic E-state index is 11.4. The largest absolute Gasteiger partial charge is 0.460 e. The van der Waals surface area contributed by atoms with Crippen LogP contribution in [0.2, 0.25) is 0 Å². The van der Waals surface area contributed by atoms with Crippen molar-refractivity contribution in [1.82, 2.24) is 0 Å². The fraction of sp³-hybridized carbons (Fsp3) is 0.500. The lowest BCUT2D eigenvalue weighted by Crippen LogP contribution is -2.08. The number of hydrogen-bond donors (Lipinski definition) is 0. The van der Waals surface area contributed by atoms with Crippen LogP contribution in [0.1, 0.15) is 6.92 Å². The Kier molecular flexibility index (Phi) is 4.28. The Balaban J connectivity index is 3.60. The minimum absolute atomic E-state index is 0.230. The highest BCUT2D eigenvalue weighted by Gasteiger charge is 2.07. The molecule has 0 bridgehead atoms. The van der Waals surface area contributed by atoms with Gasteiger partial charge in [-0.15, -0.1) is 0 Å². The van der Waals surface area contributed by atoms with Gasteiger partial charge in [0.15, 0.2) is 0 Å². The van der Waals surface area contributed by atoms with Crippen molar-refractivity contribution >= 4 is 5.97 Å². The van der Waals surface area contributed by atoms with E-state index in [2.05, 4.69) is 16.1 Å². The molecule has 0 heterocycles. The lowest BCUT2D eigenvalue weighted by Gasteiger charge is -2.02. The Bertz CT molecular complexity index is 117. The van der Waals surface area contributed by atoms with Crippen LogP contribution in [0.25, 0.3) is 0 Å². The lowest BCUT2D eigenvalue weighted by molar-refractivity contribution is -0.143. The van der Waals surface area contributed by atoms with Gasteiger partial charge in [0.1, 0.15) is 0 Å². The molecule has 0 aromatic rings. The SMILES string of the molecule is C=C(OCF)C(=O)OCC. The van der Waals surface area contributed by atoms with Gasteiger partial charge in [0.05, 0.1) is 6.61 Å². The zero-order valence-electron chi connectivity index (χ0n) is 5.72. The summed E-state index contributed by atoms with van der Waals surface area (Å²) in [7, 11) is 0.